The summed E-state index contributed by atoms with van der Waals surface area (Å²) in [5.74, 6) is 1.92. The minimum absolute atomic E-state index is 0.00775. The quantitative estimate of drug-likeness (QED) is 0.684. The normalized spacial score (nSPS) is 19.0. The Kier molecular flexibility index (Phi) is 8.35. The summed E-state index contributed by atoms with van der Waals surface area (Å²) in [4.78, 5) is 27.5. The third-order valence-electron chi connectivity index (χ3n) is 5.45. The fourth-order valence-corrected chi connectivity index (χ4v) is 3.81. The highest BCUT2D eigenvalue weighted by molar-refractivity contribution is 5.83. The van der Waals surface area contributed by atoms with Crippen molar-refractivity contribution in [2.24, 2.45) is 17.8 Å². The van der Waals surface area contributed by atoms with E-state index in [1.165, 1.54) is 0 Å². The number of hydrogen-bond acceptors (Lipinski definition) is 4. The molecule has 1 saturated heterocycles. The van der Waals surface area contributed by atoms with Crippen molar-refractivity contribution in [3.63, 3.8) is 0 Å². The zero-order valence-corrected chi connectivity index (χ0v) is 18.7. The molecule has 1 aliphatic rings. The first-order valence-electron chi connectivity index (χ1n) is 10.5. The zero-order chi connectivity index (χ0) is 21.6. The van der Waals surface area contributed by atoms with Crippen molar-refractivity contribution in [1.82, 2.24) is 10.2 Å². The van der Waals surface area contributed by atoms with Gasteiger partial charge in [0.1, 0.15) is 11.5 Å². The number of methoxy groups -OCH3 is 2. The van der Waals surface area contributed by atoms with Crippen LogP contribution >= 0.6 is 0 Å². The van der Waals surface area contributed by atoms with Gasteiger partial charge in [0.2, 0.25) is 11.8 Å². The van der Waals surface area contributed by atoms with E-state index >= 15 is 0 Å². The van der Waals surface area contributed by atoms with Crippen LogP contribution in [-0.4, -0.2) is 50.6 Å². The lowest BCUT2D eigenvalue weighted by atomic mass is 9.87. The van der Waals surface area contributed by atoms with E-state index in [-0.39, 0.29) is 29.6 Å². The van der Waals surface area contributed by atoms with Crippen molar-refractivity contribution in [2.75, 3.05) is 33.9 Å². The first kappa shape index (κ1) is 23.0. The molecule has 1 aromatic rings. The Balaban J connectivity index is 2.27. The maximum Gasteiger partial charge on any atom is 0.225 e. The van der Waals surface area contributed by atoms with E-state index < -0.39 is 0 Å². The Morgan fingerprint density at radius 1 is 1.10 bits per heavy atom. The molecule has 0 spiro atoms. The molecule has 0 aromatic heterocycles. The van der Waals surface area contributed by atoms with Crippen LogP contribution in [0.25, 0.3) is 0 Å². The molecule has 2 atom stereocenters. The number of ether oxygens (including phenoxy) is 2. The van der Waals surface area contributed by atoms with Gasteiger partial charge in [-0.05, 0) is 24.3 Å². The average Bonchev–Trinajstić information content (AvgIpc) is 3.12. The molecular formula is C23H36N2O4. The standard InChI is InChI=1S/C23H36N2O4/c1-15(2)9-10-24-23(27)20-14-25(22(26)11-16(3)4)13-19(20)18-8-7-17(28-5)12-21(18)29-6/h7-8,12,15-16,19-20H,9-11,13-14H2,1-6H3,(H,24,27)/t19-,20-/m1/s1. The Hall–Kier alpha value is -2.24. The number of rotatable bonds is 9. The van der Waals surface area contributed by atoms with Crippen molar-refractivity contribution in [2.45, 2.75) is 46.5 Å². The number of likely N-dealkylation sites (tertiary alicyclic amines) is 1. The third-order valence-corrected chi connectivity index (χ3v) is 5.45. The van der Waals surface area contributed by atoms with Gasteiger partial charge in [-0.3, -0.25) is 9.59 Å². The smallest absolute Gasteiger partial charge is 0.225 e. The molecule has 1 aliphatic heterocycles. The van der Waals surface area contributed by atoms with Gasteiger partial charge >= 0.3 is 0 Å². The van der Waals surface area contributed by atoms with Crippen LogP contribution in [0.2, 0.25) is 0 Å². The number of benzene rings is 1. The third kappa shape index (κ3) is 6.12. The molecule has 0 radical (unpaired) electrons. The van der Waals surface area contributed by atoms with Gasteiger partial charge in [0.15, 0.2) is 0 Å². The van der Waals surface area contributed by atoms with Crippen LogP contribution in [0, 0.1) is 17.8 Å². The number of nitrogens with one attached hydrogen (secondary N) is 1. The largest absolute Gasteiger partial charge is 0.497 e. The molecule has 6 heteroatoms. The minimum atomic E-state index is -0.291. The van der Waals surface area contributed by atoms with Gasteiger partial charge in [-0.25, -0.2) is 0 Å². The van der Waals surface area contributed by atoms with Gasteiger partial charge in [-0.1, -0.05) is 33.8 Å². The first-order chi connectivity index (χ1) is 13.8. The second-order valence-corrected chi connectivity index (χ2v) is 8.69. The van der Waals surface area contributed by atoms with Gasteiger partial charge in [0, 0.05) is 43.6 Å². The summed E-state index contributed by atoms with van der Waals surface area (Å²) in [7, 11) is 3.23. The number of carbonyl (C=O) groups excluding carboxylic acids is 2. The number of amides is 2. The lowest BCUT2D eigenvalue weighted by molar-refractivity contribution is -0.131. The van der Waals surface area contributed by atoms with Crippen LogP contribution in [0.4, 0.5) is 0 Å². The lowest BCUT2D eigenvalue weighted by Gasteiger charge is -2.21. The van der Waals surface area contributed by atoms with Crippen molar-refractivity contribution in [1.29, 1.82) is 0 Å². The van der Waals surface area contributed by atoms with Gasteiger partial charge in [0.05, 0.1) is 20.1 Å². The van der Waals surface area contributed by atoms with Crippen LogP contribution in [0.15, 0.2) is 18.2 Å². The predicted octanol–water partition coefficient (Wildman–Crippen LogP) is 3.45. The van der Waals surface area contributed by atoms with Crippen molar-refractivity contribution < 1.29 is 19.1 Å². The van der Waals surface area contributed by atoms with Crippen LogP contribution < -0.4 is 14.8 Å². The Labute approximate surface area is 174 Å². The first-order valence-corrected chi connectivity index (χ1v) is 10.5. The summed E-state index contributed by atoms with van der Waals surface area (Å²) >= 11 is 0. The van der Waals surface area contributed by atoms with Crippen LogP contribution in [-0.2, 0) is 9.59 Å². The molecule has 1 N–H and O–H groups in total. The molecule has 0 bridgehead atoms. The molecular weight excluding hydrogens is 368 g/mol. The summed E-state index contributed by atoms with van der Waals surface area (Å²) in [6.07, 6.45) is 1.43. The highest BCUT2D eigenvalue weighted by atomic mass is 16.5. The van der Waals surface area contributed by atoms with Crippen LogP contribution in [0.1, 0.15) is 52.0 Å². The molecule has 1 heterocycles. The van der Waals surface area contributed by atoms with Crippen molar-refractivity contribution >= 4 is 11.8 Å². The maximum absolute atomic E-state index is 13.0. The Morgan fingerprint density at radius 2 is 1.83 bits per heavy atom. The van der Waals surface area contributed by atoms with Gasteiger partial charge in [0.25, 0.3) is 0 Å². The molecule has 29 heavy (non-hydrogen) atoms. The molecule has 162 valence electrons. The summed E-state index contributed by atoms with van der Waals surface area (Å²) in [6.45, 7) is 9.97. The summed E-state index contributed by atoms with van der Waals surface area (Å²) < 4.78 is 10.9. The fourth-order valence-electron chi connectivity index (χ4n) is 3.81. The van der Waals surface area contributed by atoms with Crippen molar-refractivity contribution in [3.8, 4) is 11.5 Å². The van der Waals surface area contributed by atoms with E-state index in [4.69, 9.17) is 9.47 Å². The topological polar surface area (TPSA) is 67.9 Å². The molecule has 1 aromatic carbocycles. The summed E-state index contributed by atoms with van der Waals surface area (Å²) in [5.41, 5.74) is 0.942. The number of nitrogens with zero attached hydrogens (tertiary/aromatic N) is 1. The summed E-state index contributed by atoms with van der Waals surface area (Å²) in [6, 6.07) is 5.67. The minimum Gasteiger partial charge on any atom is -0.497 e. The lowest BCUT2D eigenvalue weighted by Crippen LogP contribution is -2.36. The van der Waals surface area contributed by atoms with Crippen LogP contribution in [0.5, 0.6) is 11.5 Å². The van der Waals surface area contributed by atoms with Gasteiger partial charge in [-0.15, -0.1) is 0 Å². The Morgan fingerprint density at radius 3 is 2.41 bits per heavy atom. The van der Waals surface area contributed by atoms with E-state index in [1.807, 2.05) is 36.9 Å². The summed E-state index contributed by atoms with van der Waals surface area (Å²) in [5, 5.41) is 3.07. The SMILES string of the molecule is COc1ccc([C@H]2CN(C(=O)CC(C)C)C[C@H]2C(=O)NCCC(C)C)c(OC)c1. The Bertz CT molecular complexity index is 702. The molecule has 6 nitrogen and oxygen atoms in total. The van der Waals surface area contributed by atoms with Crippen molar-refractivity contribution in [3.05, 3.63) is 23.8 Å². The monoisotopic (exact) mass is 404 g/mol. The van der Waals surface area contributed by atoms with E-state index in [0.717, 1.165) is 12.0 Å². The van der Waals surface area contributed by atoms with E-state index in [2.05, 4.69) is 19.2 Å². The molecule has 2 amide bonds. The predicted molar refractivity (Wildman–Crippen MR) is 114 cm³/mol. The molecule has 0 aliphatic carbocycles. The number of carbonyl (C=O) groups is 2. The molecule has 2 rings (SSSR count). The molecule has 1 fully saturated rings. The maximum atomic E-state index is 13.0. The highest BCUT2D eigenvalue weighted by Gasteiger charge is 2.41. The second kappa shape index (κ2) is 10.5. The molecule has 0 unspecified atom stereocenters. The van der Waals surface area contributed by atoms with E-state index in [1.54, 1.807) is 14.2 Å². The van der Waals surface area contributed by atoms with Crippen LogP contribution in [0.3, 0.4) is 0 Å². The molecule has 0 saturated carbocycles. The number of hydrogen-bond donors (Lipinski definition) is 1. The highest BCUT2D eigenvalue weighted by Crippen LogP contribution is 2.39. The van der Waals surface area contributed by atoms with Gasteiger partial charge in [-0.2, -0.15) is 0 Å². The second-order valence-electron chi connectivity index (χ2n) is 8.69. The van der Waals surface area contributed by atoms with Gasteiger partial charge < -0.3 is 19.7 Å². The zero-order valence-electron chi connectivity index (χ0n) is 18.7. The average molecular weight is 405 g/mol. The van der Waals surface area contributed by atoms with E-state index in [9.17, 15) is 9.59 Å². The van der Waals surface area contributed by atoms with E-state index in [0.29, 0.717) is 43.5 Å². The fraction of sp³-hybridized carbons (Fsp3) is 0.652.